The van der Waals surface area contributed by atoms with Crippen LogP contribution in [-0.2, 0) is 14.3 Å². The Kier molecular flexibility index (Phi) is 9.56. The molecule has 6 rings (SSSR count). The van der Waals surface area contributed by atoms with Gasteiger partial charge < -0.3 is 39.8 Å². The number of aliphatic carboxylic acids is 1. The Morgan fingerprint density at radius 1 is 1.12 bits per heavy atom. The Bertz CT molecular complexity index is 1950. The van der Waals surface area contributed by atoms with Gasteiger partial charge in [-0.25, -0.2) is 19.4 Å². The van der Waals surface area contributed by atoms with E-state index in [-0.39, 0.29) is 41.6 Å². The number of aliphatic hydroxyl groups is 1. The average Bonchev–Trinajstić information content (AvgIpc) is 3.31. The van der Waals surface area contributed by atoms with Crippen molar-refractivity contribution < 1.29 is 38.9 Å². The predicted molar refractivity (Wildman–Crippen MR) is 177 cm³/mol. The van der Waals surface area contributed by atoms with E-state index in [1.807, 2.05) is 0 Å². The SMILES string of the molecule is CC(O)C1C(=O)N2C(C(=O)O)=C(COC(=O)NCC3CCCCN3C(=O)Oc3ccc(Cl)cc3-c3nc4ccc(Cl)cc4c(=O)[nH]3)C(C)C12. The van der Waals surface area contributed by atoms with Crippen molar-refractivity contribution in [1.29, 1.82) is 0 Å². The van der Waals surface area contributed by atoms with E-state index in [0.717, 1.165) is 11.3 Å². The van der Waals surface area contributed by atoms with Crippen LogP contribution in [0.1, 0.15) is 33.1 Å². The van der Waals surface area contributed by atoms with Crippen molar-refractivity contribution in [2.24, 2.45) is 11.8 Å². The fourth-order valence-corrected chi connectivity index (χ4v) is 7.19. The first-order valence-corrected chi connectivity index (χ1v) is 16.5. The summed E-state index contributed by atoms with van der Waals surface area (Å²) in [6.45, 7) is 3.23. The number of benzene rings is 2. The van der Waals surface area contributed by atoms with Crippen LogP contribution in [0.4, 0.5) is 9.59 Å². The number of carboxylic acid groups (broad SMARTS) is 1. The molecule has 5 unspecified atom stereocenters. The normalized spacial score (nSPS) is 22.4. The van der Waals surface area contributed by atoms with E-state index in [1.54, 1.807) is 19.1 Å². The summed E-state index contributed by atoms with van der Waals surface area (Å²) in [7, 11) is 0. The monoisotopic (exact) mass is 713 g/mol. The van der Waals surface area contributed by atoms with E-state index in [2.05, 4.69) is 15.3 Å². The molecule has 0 bridgehead atoms. The number of β-lactam (4-membered cyclic amide) rings is 1. The van der Waals surface area contributed by atoms with E-state index >= 15 is 0 Å². The molecule has 3 aliphatic rings. The Labute approximate surface area is 289 Å². The van der Waals surface area contributed by atoms with Crippen LogP contribution < -0.4 is 15.6 Å². The standard InChI is InChI=1S/C33H33Cl2N5O9/c1-15-22(27(31(44)45)40-26(15)25(16(2)41)30(40)43)14-48-32(46)36-13-19-5-3-4-10-39(19)33(47)49-24-9-7-18(35)12-21(24)28-37-23-8-6-17(34)11-20(23)29(42)38-28/h6-9,11-12,15-16,19,25-26,41H,3-5,10,13-14H2,1-2H3,(H,36,46)(H,44,45)(H,37,38,42). The molecular weight excluding hydrogens is 681 g/mol. The summed E-state index contributed by atoms with van der Waals surface area (Å²) >= 11 is 12.3. The number of carbonyl (C=O) groups excluding carboxylic acids is 3. The summed E-state index contributed by atoms with van der Waals surface area (Å²) in [5.74, 6) is -2.74. The van der Waals surface area contributed by atoms with Gasteiger partial charge in [0.15, 0.2) is 0 Å². The highest BCUT2D eigenvalue weighted by Gasteiger charge is 2.59. The van der Waals surface area contributed by atoms with Crippen LogP contribution >= 0.6 is 23.2 Å². The zero-order valence-electron chi connectivity index (χ0n) is 26.4. The summed E-state index contributed by atoms with van der Waals surface area (Å²) < 4.78 is 11.2. The molecule has 1 aromatic heterocycles. The molecule has 3 amide bonds. The Morgan fingerprint density at radius 3 is 2.59 bits per heavy atom. The molecule has 4 heterocycles. The first-order chi connectivity index (χ1) is 23.3. The Morgan fingerprint density at radius 2 is 1.86 bits per heavy atom. The minimum atomic E-state index is -1.32. The number of ether oxygens (including phenoxy) is 2. The van der Waals surface area contributed by atoms with Gasteiger partial charge in [-0.2, -0.15) is 0 Å². The average molecular weight is 715 g/mol. The lowest BCUT2D eigenvalue weighted by atomic mass is 9.78. The van der Waals surface area contributed by atoms with Gasteiger partial charge >= 0.3 is 18.2 Å². The largest absolute Gasteiger partial charge is 0.477 e. The fraction of sp³-hybridized carbons (Fsp3) is 0.394. The molecule has 4 N–H and O–H groups in total. The third-order valence-corrected chi connectivity index (χ3v) is 9.75. The number of aromatic amines is 1. The van der Waals surface area contributed by atoms with E-state index < -0.39 is 59.6 Å². The summed E-state index contributed by atoms with van der Waals surface area (Å²) in [6.07, 6.45) is -0.397. The molecule has 2 fully saturated rings. The number of nitrogens with zero attached hydrogens (tertiary/aromatic N) is 3. The number of aliphatic hydroxyl groups excluding tert-OH is 1. The lowest BCUT2D eigenvalue weighted by Gasteiger charge is -2.46. The van der Waals surface area contributed by atoms with Crippen LogP contribution in [0.2, 0.25) is 10.0 Å². The van der Waals surface area contributed by atoms with Crippen molar-refractivity contribution >= 4 is 58.2 Å². The van der Waals surface area contributed by atoms with Gasteiger partial charge in [-0.3, -0.25) is 9.59 Å². The van der Waals surface area contributed by atoms with Crippen LogP contribution in [0.5, 0.6) is 5.75 Å². The smallest absolute Gasteiger partial charge is 0.415 e. The molecule has 14 nitrogen and oxygen atoms in total. The zero-order chi connectivity index (χ0) is 35.1. The number of carbonyl (C=O) groups is 4. The van der Waals surface area contributed by atoms with Crippen molar-refractivity contribution in [3.05, 3.63) is 68.1 Å². The first-order valence-electron chi connectivity index (χ1n) is 15.7. The third-order valence-electron chi connectivity index (χ3n) is 9.28. The Hall–Kier alpha value is -4.66. The molecule has 2 aromatic carbocycles. The van der Waals surface area contributed by atoms with Crippen LogP contribution in [0.15, 0.2) is 52.5 Å². The molecule has 2 saturated heterocycles. The van der Waals surface area contributed by atoms with Gasteiger partial charge in [-0.1, -0.05) is 30.1 Å². The number of nitrogens with one attached hydrogen (secondary N) is 2. The van der Waals surface area contributed by atoms with Gasteiger partial charge in [0.25, 0.3) is 5.56 Å². The van der Waals surface area contributed by atoms with Gasteiger partial charge in [0.05, 0.1) is 40.6 Å². The van der Waals surface area contributed by atoms with Gasteiger partial charge in [0, 0.05) is 34.6 Å². The molecule has 3 aromatic rings. The van der Waals surface area contributed by atoms with Crippen molar-refractivity contribution in [2.45, 2.75) is 51.3 Å². The van der Waals surface area contributed by atoms with Crippen LogP contribution in [-0.4, -0.2) is 91.9 Å². The molecule has 0 aliphatic carbocycles. The number of aromatic nitrogens is 2. The first kappa shape index (κ1) is 34.2. The summed E-state index contributed by atoms with van der Waals surface area (Å²) in [4.78, 5) is 73.6. The zero-order valence-corrected chi connectivity index (χ0v) is 28.0. The summed E-state index contributed by atoms with van der Waals surface area (Å²) in [5.41, 5.74) is 0.273. The number of hydrogen-bond donors (Lipinski definition) is 4. The number of carboxylic acids is 1. The molecular formula is C33H33Cl2N5O9. The molecule has 258 valence electrons. The molecule has 3 aliphatic heterocycles. The number of H-pyrrole nitrogens is 1. The quantitative estimate of drug-likeness (QED) is 0.246. The van der Waals surface area contributed by atoms with Crippen molar-refractivity contribution in [3.63, 3.8) is 0 Å². The number of fused-ring (bicyclic) bond motifs is 2. The van der Waals surface area contributed by atoms with E-state index in [0.29, 0.717) is 40.3 Å². The highest BCUT2D eigenvalue weighted by molar-refractivity contribution is 6.31. The lowest BCUT2D eigenvalue weighted by molar-refractivity contribution is -0.163. The highest BCUT2D eigenvalue weighted by Crippen LogP contribution is 2.47. The number of rotatable bonds is 8. The van der Waals surface area contributed by atoms with Crippen LogP contribution in [0.3, 0.4) is 0 Å². The molecule has 49 heavy (non-hydrogen) atoms. The second kappa shape index (κ2) is 13.7. The van der Waals surface area contributed by atoms with Crippen molar-refractivity contribution in [1.82, 2.24) is 25.1 Å². The van der Waals surface area contributed by atoms with E-state index in [4.69, 9.17) is 32.7 Å². The summed E-state index contributed by atoms with van der Waals surface area (Å²) in [6, 6.07) is 8.30. The second-order valence-electron chi connectivity index (χ2n) is 12.3. The number of hydrogen-bond acceptors (Lipinski definition) is 9. The number of piperidine rings is 1. The highest BCUT2D eigenvalue weighted by atomic mass is 35.5. The van der Waals surface area contributed by atoms with Gasteiger partial charge in [-0.15, -0.1) is 0 Å². The van der Waals surface area contributed by atoms with Gasteiger partial charge in [-0.05, 0) is 62.6 Å². The third kappa shape index (κ3) is 6.55. The molecule has 0 saturated carbocycles. The predicted octanol–water partition coefficient (Wildman–Crippen LogP) is 4.17. The topological polar surface area (TPSA) is 191 Å². The van der Waals surface area contributed by atoms with Crippen molar-refractivity contribution in [3.8, 4) is 17.1 Å². The van der Waals surface area contributed by atoms with Gasteiger partial charge in [0.1, 0.15) is 23.9 Å². The maximum Gasteiger partial charge on any atom is 0.415 e. The number of halogens is 2. The van der Waals surface area contributed by atoms with Crippen LogP contribution in [0, 0.1) is 11.8 Å². The molecule has 0 radical (unpaired) electrons. The Balaban J connectivity index is 1.12. The number of alkyl carbamates (subject to hydrolysis) is 1. The molecule has 16 heteroatoms. The minimum absolute atomic E-state index is 0.0290. The van der Waals surface area contributed by atoms with E-state index in [9.17, 15) is 34.2 Å². The van der Waals surface area contributed by atoms with E-state index in [1.165, 1.54) is 36.1 Å². The maximum absolute atomic E-state index is 13.5. The maximum atomic E-state index is 13.5. The summed E-state index contributed by atoms with van der Waals surface area (Å²) in [5, 5.41) is 23.5. The van der Waals surface area contributed by atoms with Gasteiger partial charge in [0.2, 0.25) is 5.91 Å². The second-order valence-corrected chi connectivity index (χ2v) is 13.2. The fourth-order valence-electron chi connectivity index (χ4n) is 6.85. The minimum Gasteiger partial charge on any atom is -0.477 e. The van der Waals surface area contributed by atoms with Crippen LogP contribution in [0.25, 0.3) is 22.3 Å². The molecule has 0 spiro atoms. The lowest BCUT2D eigenvalue weighted by Crippen LogP contribution is -2.63. The number of amides is 3. The van der Waals surface area contributed by atoms with Crippen molar-refractivity contribution in [2.75, 3.05) is 19.7 Å². The number of likely N-dealkylation sites (tertiary alicyclic amines) is 1. The molecule has 5 atom stereocenters.